The van der Waals surface area contributed by atoms with Gasteiger partial charge in [-0.1, -0.05) is 25.6 Å². The third-order valence-corrected chi connectivity index (χ3v) is 18.7. The monoisotopic (exact) mass is 1640 g/mol. The van der Waals surface area contributed by atoms with Crippen molar-refractivity contribution < 1.29 is 87.4 Å². The average Bonchev–Trinajstić information content (AvgIpc) is 1.16. The van der Waals surface area contributed by atoms with Gasteiger partial charge in [-0.15, -0.1) is 0 Å². The van der Waals surface area contributed by atoms with Gasteiger partial charge < -0.3 is 96.2 Å². The van der Waals surface area contributed by atoms with Crippen LogP contribution in [-0.4, -0.2) is 196 Å². The number of ether oxygens (including phenoxy) is 8. The molecule has 6 aromatic carbocycles. The molecular formula is C88H130N9O14Pd-. The van der Waals surface area contributed by atoms with E-state index in [4.69, 9.17) is 43.0 Å². The number of carbonyl (C=O) groups excluding carboxylic acids is 5. The van der Waals surface area contributed by atoms with Crippen molar-refractivity contribution in [3.05, 3.63) is 158 Å². The topological polar surface area (TPSA) is 244 Å². The molecule has 23 nitrogen and oxygen atoms in total. The number of hydrogen-bond acceptors (Lipinski definition) is 18. The van der Waals surface area contributed by atoms with Crippen molar-refractivity contribution in [2.45, 2.75) is 184 Å². The van der Waals surface area contributed by atoms with Crippen molar-refractivity contribution in [2.24, 2.45) is 0 Å². The SMILES string of the molecule is C.CCN(CC)C(=O)/C=C/c1ccc(NC[C@@H]2CCCN2C(=O)OC(C)(C)C)c(Oc2ccc(OC)cc2)c1.CCN(CC)C(=O)CCc1ccc(NC[C@@H]2CCCN2)c(Oc2ccc(OC)cc2)c1.CCN(CC)C(=O)CCc1ccc(NC[C@@H]2CCCN2C(=O)OC(C)(C)C)c(Oc2ccc(OC)cc2)c1.CO.[CH3-].[Pd]. The number of carbonyl (C=O) groups is 5. The number of aliphatic hydroxyl groups is 1. The summed E-state index contributed by atoms with van der Waals surface area (Å²) in [5, 5.41) is 21.0. The van der Waals surface area contributed by atoms with E-state index >= 15 is 0 Å². The number of anilines is 3. The van der Waals surface area contributed by atoms with Gasteiger partial charge in [-0.2, -0.15) is 0 Å². The number of methoxy groups -OCH3 is 3. The van der Waals surface area contributed by atoms with Crippen LogP contribution in [0.1, 0.15) is 159 Å². The number of aryl methyl sites for hydroxylation is 2. The molecule has 0 aliphatic carbocycles. The largest absolute Gasteiger partial charge is 0.497 e. The molecule has 5 amide bonds. The van der Waals surface area contributed by atoms with Crippen LogP contribution in [0, 0.1) is 7.43 Å². The molecule has 0 saturated carbocycles. The molecule has 3 heterocycles. The third-order valence-electron chi connectivity index (χ3n) is 18.7. The van der Waals surface area contributed by atoms with E-state index in [0.717, 1.165) is 121 Å². The number of nitrogens with one attached hydrogen (secondary N) is 4. The van der Waals surface area contributed by atoms with Crippen molar-refractivity contribution in [3.63, 3.8) is 0 Å². The number of likely N-dealkylation sites (N-methyl/N-ethyl adjacent to an activating group) is 1. The molecule has 0 radical (unpaired) electrons. The minimum atomic E-state index is -0.535. The van der Waals surface area contributed by atoms with E-state index in [-0.39, 0.29) is 77.3 Å². The minimum Gasteiger partial charge on any atom is -0.497 e. The predicted octanol–water partition coefficient (Wildman–Crippen LogP) is 17.4. The Labute approximate surface area is 682 Å². The van der Waals surface area contributed by atoms with Gasteiger partial charge in [0, 0.05) is 124 Å². The number of aliphatic hydroxyl groups excluding tert-OH is 1. The zero-order chi connectivity index (χ0) is 79.5. The Balaban J connectivity index is 0.000000427. The standard InChI is InChI=1S/C30H43N3O5.C30H41N3O5.C25H35N3O3.CH4O.CH4.CH3.Pd/c2*1-7-32(8-2)28(34)18-12-22-11-17-26(27(20-22)37-25-15-13-24(36-6)14-16-25)31-21-23-10-9-19-33(23)29(35)38-30(3,4)5;1-4-28(5-2)25(29)15-9-19-8-14-23(27-18-20-7-6-16-26-20)24(17-19)31-22-12-10-21(30-3)11-13-22;1-2;;;/h11,13-17,20,23,31H,7-10,12,18-19,21H2,1-6H3;11-18,20,23,31H,7-10,19,21H2,1-6H3;8,10-14,17,20,26-27H,4-7,9,15-16,18H2,1-3H3;2H,1H3;1H4;1H3;/q;;;;;-1;/b;18-12+;;;;;/t2*23-;20-;;;;/m000..../s1. The van der Waals surface area contributed by atoms with Crippen LogP contribution in [0.15, 0.2) is 133 Å². The molecule has 3 atom stereocenters. The second kappa shape index (κ2) is 50.0. The van der Waals surface area contributed by atoms with Crippen LogP contribution in [-0.2, 0) is 57.1 Å². The van der Waals surface area contributed by atoms with Crippen LogP contribution in [0.2, 0.25) is 0 Å². The number of benzene rings is 6. The van der Waals surface area contributed by atoms with Gasteiger partial charge in [-0.05, 0) is 273 Å². The van der Waals surface area contributed by atoms with Crippen LogP contribution in [0.25, 0.3) is 6.08 Å². The van der Waals surface area contributed by atoms with Crippen LogP contribution in [0.4, 0.5) is 26.7 Å². The average molecular weight is 1640 g/mol. The normalized spacial score (nSPS) is 14.7. The molecule has 3 aliphatic heterocycles. The smallest absolute Gasteiger partial charge is 0.410 e. The fourth-order valence-corrected chi connectivity index (χ4v) is 12.7. The Morgan fingerprint density at radius 2 is 0.830 bits per heavy atom. The van der Waals surface area contributed by atoms with E-state index in [9.17, 15) is 24.0 Å². The fraction of sp³-hybridized carbons (Fsp3) is 0.500. The first-order valence-corrected chi connectivity index (χ1v) is 38.7. The molecule has 0 unspecified atom stereocenters. The summed E-state index contributed by atoms with van der Waals surface area (Å²) in [6.07, 6.45) is 11.2. The predicted molar refractivity (Wildman–Crippen MR) is 448 cm³/mol. The van der Waals surface area contributed by atoms with Crippen molar-refractivity contribution in [1.29, 1.82) is 0 Å². The summed E-state index contributed by atoms with van der Waals surface area (Å²) in [6, 6.07) is 40.9. The van der Waals surface area contributed by atoms with Crippen molar-refractivity contribution in [3.8, 4) is 51.7 Å². The number of hydrogen-bond donors (Lipinski definition) is 5. The molecule has 0 aromatic heterocycles. The molecule has 3 saturated heterocycles. The Hall–Kier alpha value is -9.21. The summed E-state index contributed by atoms with van der Waals surface area (Å²) < 4.78 is 45.7. The molecular weight excluding hydrogens is 1510 g/mol. The van der Waals surface area contributed by atoms with Gasteiger partial charge in [0.15, 0.2) is 17.2 Å². The van der Waals surface area contributed by atoms with Crippen LogP contribution >= 0.6 is 0 Å². The second-order valence-electron chi connectivity index (χ2n) is 28.6. The first-order valence-electron chi connectivity index (χ1n) is 38.7. The number of amides is 5. The van der Waals surface area contributed by atoms with Crippen LogP contribution in [0.5, 0.6) is 51.7 Å². The number of rotatable bonds is 32. The van der Waals surface area contributed by atoms with Gasteiger partial charge in [-0.25, -0.2) is 9.59 Å². The Kier molecular flexibility index (Phi) is 43.3. The fourth-order valence-electron chi connectivity index (χ4n) is 12.7. The summed E-state index contributed by atoms with van der Waals surface area (Å²) in [5.74, 6) is 6.75. The second-order valence-corrected chi connectivity index (χ2v) is 28.6. The molecule has 112 heavy (non-hydrogen) atoms. The van der Waals surface area contributed by atoms with Gasteiger partial charge in [0.25, 0.3) is 0 Å². The summed E-state index contributed by atoms with van der Waals surface area (Å²) in [4.78, 5) is 71.9. The molecule has 622 valence electrons. The van der Waals surface area contributed by atoms with Gasteiger partial charge >= 0.3 is 12.2 Å². The van der Waals surface area contributed by atoms with E-state index in [0.29, 0.717) is 107 Å². The zero-order valence-corrected chi connectivity index (χ0v) is 70.4. The Morgan fingerprint density at radius 1 is 0.482 bits per heavy atom. The molecule has 0 spiro atoms. The maximum atomic E-state index is 12.7. The zero-order valence-electron chi connectivity index (χ0n) is 68.9. The van der Waals surface area contributed by atoms with E-state index in [1.807, 2.05) is 213 Å². The molecule has 3 fully saturated rings. The van der Waals surface area contributed by atoms with Gasteiger partial charge in [0.2, 0.25) is 17.7 Å². The van der Waals surface area contributed by atoms with Crippen molar-refractivity contribution in [1.82, 2.24) is 29.8 Å². The summed E-state index contributed by atoms with van der Waals surface area (Å²) in [7, 11) is 5.90. The van der Waals surface area contributed by atoms with Crippen LogP contribution < -0.4 is 49.7 Å². The summed E-state index contributed by atoms with van der Waals surface area (Å²) in [6.45, 7) is 31.9. The van der Waals surface area contributed by atoms with Gasteiger partial charge in [0.05, 0.1) is 50.5 Å². The first kappa shape index (κ1) is 97.0. The number of likely N-dealkylation sites (tertiary alicyclic amines) is 2. The van der Waals surface area contributed by atoms with E-state index in [1.165, 1.54) is 12.8 Å². The molecule has 3 aliphatic rings. The molecule has 24 heteroatoms. The van der Waals surface area contributed by atoms with Gasteiger partial charge in [0.1, 0.15) is 45.7 Å². The van der Waals surface area contributed by atoms with E-state index in [1.54, 1.807) is 43.3 Å². The summed E-state index contributed by atoms with van der Waals surface area (Å²) in [5.41, 5.74) is 4.48. The van der Waals surface area contributed by atoms with Gasteiger partial charge in [-0.3, -0.25) is 14.4 Å². The summed E-state index contributed by atoms with van der Waals surface area (Å²) >= 11 is 0. The van der Waals surface area contributed by atoms with E-state index in [2.05, 4.69) is 33.4 Å². The number of nitrogens with zero attached hydrogens (tertiary/aromatic N) is 5. The third kappa shape index (κ3) is 32.1. The quantitative estimate of drug-likeness (QED) is 0.0150. The minimum absolute atomic E-state index is 0. The Morgan fingerprint density at radius 3 is 1.17 bits per heavy atom. The maximum absolute atomic E-state index is 12.7. The molecule has 0 bridgehead atoms. The van der Waals surface area contributed by atoms with Crippen LogP contribution in [0.3, 0.4) is 0 Å². The molecule has 6 aromatic rings. The van der Waals surface area contributed by atoms with E-state index < -0.39 is 11.2 Å². The Bertz CT molecular complexity index is 3780. The van der Waals surface area contributed by atoms with Crippen molar-refractivity contribution in [2.75, 3.05) is 123 Å². The maximum Gasteiger partial charge on any atom is 0.410 e. The molecule has 9 rings (SSSR count). The first-order chi connectivity index (χ1) is 52.4. The van der Waals surface area contributed by atoms with Crippen molar-refractivity contribution >= 4 is 53.0 Å². The molecule has 5 N–H and O–H groups in total.